The molecular weight excluding hydrogens is 272 g/mol. The summed E-state index contributed by atoms with van der Waals surface area (Å²) in [6, 6.07) is 0. The molecule has 3 aliphatic rings. The van der Waals surface area contributed by atoms with Crippen LogP contribution in [0.3, 0.4) is 0 Å². The molecule has 0 aromatic carbocycles. The zero-order valence-electron chi connectivity index (χ0n) is 13.1. The summed E-state index contributed by atoms with van der Waals surface area (Å²) in [5.41, 5.74) is -0.550. The molecule has 2 saturated carbocycles. The van der Waals surface area contributed by atoms with E-state index in [4.69, 9.17) is 9.47 Å². The zero-order valence-corrected chi connectivity index (χ0v) is 13.1. The highest BCUT2D eigenvalue weighted by Gasteiger charge is 2.61. The number of ether oxygens (including phenoxy) is 2. The highest BCUT2D eigenvalue weighted by Crippen LogP contribution is 2.56. The van der Waals surface area contributed by atoms with Gasteiger partial charge >= 0.3 is 5.97 Å². The average molecular weight is 296 g/mol. The number of methoxy groups -OCH3 is 1. The molecule has 2 aliphatic carbocycles. The van der Waals surface area contributed by atoms with Gasteiger partial charge in [0.15, 0.2) is 0 Å². The summed E-state index contributed by atoms with van der Waals surface area (Å²) in [5, 5.41) is 21.6. The number of carbonyl (C=O) groups excluding carboxylic acids is 1. The second-order valence-corrected chi connectivity index (χ2v) is 7.30. The summed E-state index contributed by atoms with van der Waals surface area (Å²) in [7, 11) is 1.50. The fourth-order valence-electron chi connectivity index (χ4n) is 4.58. The van der Waals surface area contributed by atoms with Gasteiger partial charge < -0.3 is 19.7 Å². The number of esters is 1. The standard InChI is InChI=1S/C16H24O5/c1-9-11-7-12-10(5-6-14(12,2)18)15(3,19)8-16(11,20-4)21-13(9)17/h10,12,18-19H,5-8H2,1-4H3/t10-,12-,14-,15-,16+/m1/s1. The third kappa shape index (κ3) is 1.98. The van der Waals surface area contributed by atoms with Crippen LogP contribution in [0.4, 0.5) is 0 Å². The van der Waals surface area contributed by atoms with Crippen molar-refractivity contribution in [1.29, 1.82) is 0 Å². The Morgan fingerprint density at radius 1 is 1.24 bits per heavy atom. The summed E-state index contributed by atoms with van der Waals surface area (Å²) >= 11 is 0. The molecule has 5 nitrogen and oxygen atoms in total. The molecule has 0 unspecified atom stereocenters. The van der Waals surface area contributed by atoms with E-state index in [1.807, 2.05) is 6.92 Å². The maximum absolute atomic E-state index is 12.0. The van der Waals surface area contributed by atoms with Crippen LogP contribution in [0.1, 0.15) is 46.5 Å². The lowest BCUT2D eigenvalue weighted by atomic mass is 9.76. The van der Waals surface area contributed by atoms with Gasteiger partial charge in [0.25, 0.3) is 0 Å². The predicted molar refractivity (Wildman–Crippen MR) is 75.2 cm³/mol. The third-order valence-corrected chi connectivity index (χ3v) is 5.87. The minimum absolute atomic E-state index is 0.0240. The second kappa shape index (κ2) is 4.31. The van der Waals surface area contributed by atoms with Crippen molar-refractivity contribution in [2.24, 2.45) is 11.8 Å². The molecule has 0 aromatic heterocycles. The van der Waals surface area contributed by atoms with E-state index in [0.717, 1.165) is 12.0 Å². The largest absolute Gasteiger partial charge is 0.425 e. The Balaban J connectivity index is 2.12. The van der Waals surface area contributed by atoms with Crippen LogP contribution < -0.4 is 0 Å². The van der Waals surface area contributed by atoms with Crippen LogP contribution in [0.15, 0.2) is 11.1 Å². The van der Waals surface area contributed by atoms with Gasteiger partial charge in [-0.25, -0.2) is 4.79 Å². The minimum atomic E-state index is -1.18. The average Bonchev–Trinajstić information content (AvgIpc) is 2.75. The minimum Gasteiger partial charge on any atom is -0.425 e. The molecule has 0 saturated heterocycles. The van der Waals surface area contributed by atoms with Gasteiger partial charge in [-0.05, 0) is 51.9 Å². The first kappa shape index (κ1) is 15.0. The number of rotatable bonds is 1. The van der Waals surface area contributed by atoms with Crippen molar-refractivity contribution in [2.75, 3.05) is 7.11 Å². The van der Waals surface area contributed by atoms with Gasteiger partial charge in [0, 0.05) is 24.7 Å². The number of carbonyl (C=O) groups is 1. The lowest BCUT2D eigenvalue weighted by Crippen LogP contribution is -2.45. The smallest absolute Gasteiger partial charge is 0.336 e. The summed E-state index contributed by atoms with van der Waals surface area (Å²) < 4.78 is 11.0. The van der Waals surface area contributed by atoms with E-state index in [-0.39, 0.29) is 18.3 Å². The lowest BCUT2D eigenvalue weighted by molar-refractivity contribution is -0.212. The summed E-state index contributed by atoms with van der Waals surface area (Å²) in [6.07, 6.45) is 2.18. The van der Waals surface area contributed by atoms with Gasteiger partial charge in [-0.3, -0.25) is 0 Å². The van der Waals surface area contributed by atoms with E-state index >= 15 is 0 Å². The molecule has 0 radical (unpaired) electrons. The van der Waals surface area contributed by atoms with Crippen LogP contribution in [0, 0.1) is 11.8 Å². The fourth-order valence-corrected chi connectivity index (χ4v) is 4.58. The van der Waals surface area contributed by atoms with Gasteiger partial charge in [-0.15, -0.1) is 0 Å². The summed E-state index contributed by atoms with van der Waals surface area (Å²) in [6.45, 7) is 5.31. The van der Waals surface area contributed by atoms with Gasteiger partial charge in [0.05, 0.1) is 11.2 Å². The Morgan fingerprint density at radius 3 is 2.52 bits per heavy atom. The molecule has 5 heteroatoms. The summed E-state index contributed by atoms with van der Waals surface area (Å²) in [4.78, 5) is 12.0. The molecule has 118 valence electrons. The Bertz CT molecular complexity index is 519. The van der Waals surface area contributed by atoms with Gasteiger partial charge in [-0.2, -0.15) is 0 Å². The summed E-state index contributed by atoms with van der Waals surface area (Å²) in [5.74, 6) is -1.68. The molecule has 0 amide bonds. The zero-order chi connectivity index (χ0) is 15.6. The number of hydrogen-bond donors (Lipinski definition) is 2. The first-order valence-corrected chi connectivity index (χ1v) is 7.56. The van der Waals surface area contributed by atoms with Gasteiger partial charge in [-0.1, -0.05) is 0 Å². The molecule has 0 bridgehead atoms. The number of fused-ring (bicyclic) bond motifs is 2. The maximum Gasteiger partial charge on any atom is 0.336 e. The quantitative estimate of drug-likeness (QED) is 0.718. The van der Waals surface area contributed by atoms with Crippen LogP contribution in [0.2, 0.25) is 0 Å². The van der Waals surface area contributed by atoms with Crippen LogP contribution in [-0.4, -0.2) is 40.3 Å². The molecule has 5 atom stereocenters. The maximum atomic E-state index is 12.0. The van der Waals surface area contributed by atoms with E-state index in [0.29, 0.717) is 18.4 Å². The van der Waals surface area contributed by atoms with Crippen molar-refractivity contribution in [3.05, 3.63) is 11.1 Å². The first-order chi connectivity index (χ1) is 9.63. The van der Waals surface area contributed by atoms with E-state index in [9.17, 15) is 15.0 Å². The Kier molecular flexibility index (Phi) is 3.08. The van der Waals surface area contributed by atoms with Crippen molar-refractivity contribution in [3.8, 4) is 0 Å². The normalized spacial score (nSPS) is 49.7. The lowest BCUT2D eigenvalue weighted by Gasteiger charge is -2.37. The molecule has 2 fully saturated rings. The highest BCUT2D eigenvalue weighted by atomic mass is 16.7. The monoisotopic (exact) mass is 296 g/mol. The molecule has 3 rings (SSSR count). The topological polar surface area (TPSA) is 76.0 Å². The molecule has 0 aromatic rings. The highest BCUT2D eigenvalue weighted by molar-refractivity contribution is 5.92. The fraction of sp³-hybridized carbons (Fsp3) is 0.812. The Hall–Kier alpha value is -0.910. The van der Waals surface area contributed by atoms with Gasteiger partial charge in [0.1, 0.15) is 0 Å². The van der Waals surface area contributed by atoms with Crippen LogP contribution in [0.25, 0.3) is 0 Å². The van der Waals surface area contributed by atoms with Crippen molar-refractivity contribution in [2.45, 2.75) is 63.4 Å². The SMILES string of the molecule is CO[C@]12C[C@@](C)(O)[C@@H]3CC[C@@](C)(O)[C@@H]3CC1=C(C)C(=O)O2. The van der Waals surface area contributed by atoms with Crippen LogP contribution in [0.5, 0.6) is 0 Å². The third-order valence-electron chi connectivity index (χ3n) is 5.87. The van der Waals surface area contributed by atoms with Crippen LogP contribution >= 0.6 is 0 Å². The van der Waals surface area contributed by atoms with Crippen molar-refractivity contribution >= 4 is 5.97 Å². The van der Waals surface area contributed by atoms with E-state index in [1.165, 1.54) is 7.11 Å². The van der Waals surface area contributed by atoms with Crippen LogP contribution in [-0.2, 0) is 14.3 Å². The molecule has 1 heterocycles. The molecule has 1 aliphatic heterocycles. The first-order valence-electron chi connectivity index (χ1n) is 7.56. The number of aliphatic hydroxyl groups is 2. The number of hydrogen-bond acceptors (Lipinski definition) is 5. The van der Waals surface area contributed by atoms with Crippen molar-refractivity contribution in [3.63, 3.8) is 0 Å². The Labute approximate surface area is 124 Å². The molecule has 0 spiro atoms. The molecule has 2 N–H and O–H groups in total. The Morgan fingerprint density at radius 2 is 1.90 bits per heavy atom. The van der Waals surface area contributed by atoms with Crippen molar-refractivity contribution in [1.82, 2.24) is 0 Å². The van der Waals surface area contributed by atoms with Gasteiger partial charge in [0.2, 0.25) is 5.79 Å². The van der Waals surface area contributed by atoms with E-state index < -0.39 is 23.0 Å². The molecular formula is C16H24O5. The second-order valence-electron chi connectivity index (χ2n) is 7.30. The van der Waals surface area contributed by atoms with E-state index in [1.54, 1.807) is 13.8 Å². The predicted octanol–water partition coefficient (Wildman–Crippen LogP) is 1.52. The van der Waals surface area contributed by atoms with Crippen molar-refractivity contribution < 1.29 is 24.5 Å². The molecule has 21 heavy (non-hydrogen) atoms. The van der Waals surface area contributed by atoms with E-state index in [2.05, 4.69) is 0 Å².